The second kappa shape index (κ2) is 23.4. The lowest BCUT2D eigenvalue weighted by Crippen LogP contribution is -2.39. The molecular weight excluding hydrogens is 834 g/mol. The Morgan fingerprint density at radius 3 is 1.49 bits per heavy atom. The van der Waals surface area contributed by atoms with Crippen molar-refractivity contribution in [3.63, 3.8) is 0 Å². The minimum Gasteiger partial charge on any atom is -0.379 e. The van der Waals surface area contributed by atoms with Gasteiger partial charge in [-0.25, -0.2) is 39.9 Å². The second-order valence-corrected chi connectivity index (χ2v) is 14.3. The number of hydrogen-bond donors (Lipinski definition) is 5. The van der Waals surface area contributed by atoms with Gasteiger partial charge < -0.3 is 30.6 Å². The first kappa shape index (κ1) is 44.1. The summed E-state index contributed by atoms with van der Waals surface area (Å²) < 4.78 is 16.0. The molecule has 0 spiro atoms. The quantitative estimate of drug-likeness (QED) is 0.103. The van der Waals surface area contributed by atoms with Gasteiger partial charge in [0.2, 0.25) is 0 Å². The molecule has 7 rings (SSSR count). The molecule has 4 aromatic rings. The average Bonchev–Trinajstić information content (AvgIpc) is 3.20. The van der Waals surface area contributed by atoms with Crippen molar-refractivity contribution in [1.82, 2.24) is 54.6 Å². The lowest BCUT2D eigenvalue weighted by atomic mass is 10.4. The van der Waals surface area contributed by atoms with Crippen molar-refractivity contribution in [2.24, 2.45) is 5.73 Å². The molecule has 0 bridgehead atoms. The number of anilines is 2. The maximum atomic E-state index is 6.44. The molecule has 0 amide bonds. The Balaban J connectivity index is 0.000000198. The topological polar surface area (TPSA) is 191 Å². The molecule has 3 saturated heterocycles. The van der Waals surface area contributed by atoms with E-state index in [1.807, 2.05) is 0 Å². The Labute approximate surface area is 350 Å². The molecule has 0 radical (unpaired) electrons. The Morgan fingerprint density at radius 1 is 0.509 bits per heavy atom. The van der Waals surface area contributed by atoms with Crippen molar-refractivity contribution >= 4 is 106 Å². The van der Waals surface area contributed by atoms with Crippen LogP contribution in [0.5, 0.6) is 0 Å². The van der Waals surface area contributed by atoms with Crippen LogP contribution in [0.4, 0.5) is 11.6 Å². The number of nitrogens with one attached hydrogen (secondary N) is 2. The lowest BCUT2D eigenvalue weighted by Gasteiger charge is -2.26. The van der Waals surface area contributed by atoms with Gasteiger partial charge in [0.1, 0.15) is 17.2 Å². The molecule has 0 aliphatic carbocycles. The molecule has 0 unspecified atom stereocenters. The number of aromatic nitrogens is 8. The zero-order chi connectivity index (χ0) is 39.0. The molecule has 4 aromatic heterocycles. The molecule has 17 nitrogen and oxygen atoms in total. The van der Waals surface area contributed by atoms with Crippen LogP contribution in [0.15, 0.2) is 0 Å². The predicted octanol–water partition coefficient (Wildman–Crippen LogP) is 3.08. The van der Waals surface area contributed by atoms with Crippen LogP contribution in [-0.2, 0) is 25.7 Å². The molecule has 23 heteroatoms. The predicted molar refractivity (Wildman–Crippen MR) is 223 cm³/mol. The third-order valence-corrected chi connectivity index (χ3v) is 10.2. The van der Waals surface area contributed by atoms with Gasteiger partial charge in [0.25, 0.3) is 0 Å². The highest BCUT2D eigenvalue weighted by molar-refractivity contribution is 7.79. The molecule has 7 heterocycles. The number of nitrogens with two attached hydrogens (primary N) is 1. The first-order chi connectivity index (χ1) is 26.8. The van der Waals surface area contributed by atoms with Crippen LogP contribution in [0, 0.1) is 0 Å². The van der Waals surface area contributed by atoms with E-state index in [9.17, 15) is 0 Å². The van der Waals surface area contributed by atoms with Crippen molar-refractivity contribution in [2.45, 2.75) is 11.5 Å². The fourth-order valence-electron chi connectivity index (χ4n) is 5.59. The number of thiol groups is 2. The van der Waals surface area contributed by atoms with E-state index in [2.05, 4.69) is 90.5 Å². The number of nitrogens with zero attached hydrogens (tertiary/aromatic N) is 11. The normalized spacial score (nSPS) is 17.0. The first-order valence-corrected chi connectivity index (χ1v) is 20.6. The summed E-state index contributed by atoms with van der Waals surface area (Å²) in [6.45, 7) is 15.8. The SMILES string of the molecule is NCCN1CCOCC1.SCc1nc(Cl)c2nc(Cl)c(Cl)nc2n1.SCc1nc(NCCN2CCOCC2)c2nc(Cl)c(NCCN3CCOCC3)nc2n1. The highest BCUT2D eigenvalue weighted by Crippen LogP contribution is 2.26. The summed E-state index contributed by atoms with van der Waals surface area (Å²) in [5.41, 5.74) is 7.09. The van der Waals surface area contributed by atoms with E-state index in [4.69, 9.17) is 66.3 Å². The number of halogens is 4. The summed E-state index contributed by atoms with van der Waals surface area (Å²) in [5, 5.41) is 7.33. The number of rotatable bonds is 12. The van der Waals surface area contributed by atoms with Gasteiger partial charge in [0, 0.05) is 78.5 Å². The molecule has 3 aliphatic rings. The molecular formula is C32H46Cl4N14O3S2. The standard InChI is InChI=1S/C19H29ClN8O2S.C7H3Cl3N4S.C6H14N2O/c20-16-19(22-2-4-28-7-11-30-12-8-28)26-18-15(25-16)17(23-14(13-31)24-18)21-1-3-27-5-9-29-10-6-27;8-4-3-7(12-2(1-15)11-4)14-6(10)5(9)13-3;7-1-2-8-3-5-9-6-4-8/h31H,1-13H2,(H2,21,22,23,24,26);15H,1H2;1-7H2. The maximum Gasteiger partial charge on any atom is 0.185 e. The zero-order valence-electron chi connectivity index (χ0n) is 30.3. The molecule has 4 N–H and O–H groups in total. The Kier molecular flexibility index (Phi) is 18.8. The van der Waals surface area contributed by atoms with Crippen LogP contribution in [0.2, 0.25) is 20.6 Å². The summed E-state index contributed by atoms with van der Waals surface area (Å²) in [5.74, 6) is 3.00. The second-order valence-electron chi connectivity index (χ2n) is 12.3. The van der Waals surface area contributed by atoms with E-state index in [-0.39, 0.29) is 15.5 Å². The summed E-state index contributed by atoms with van der Waals surface area (Å²) >= 11 is 32.1. The van der Waals surface area contributed by atoms with E-state index in [1.165, 1.54) is 0 Å². The fourth-order valence-corrected chi connectivity index (χ4v) is 6.54. The first-order valence-electron chi connectivity index (χ1n) is 17.9. The van der Waals surface area contributed by atoms with Crippen LogP contribution in [0.1, 0.15) is 11.6 Å². The summed E-state index contributed by atoms with van der Waals surface area (Å²) in [4.78, 5) is 41.2. The molecule has 55 heavy (non-hydrogen) atoms. The van der Waals surface area contributed by atoms with Crippen molar-refractivity contribution < 1.29 is 14.2 Å². The number of ether oxygens (including phenoxy) is 3. The van der Waals surface area contributed by atoms with Crippen molar-refractivity contribution in [2.75, 3.05) is 129 Å². The Morgan fingerprint density at radius 2 is 0.964 bits per heavy atom. The zero-order valence-corrected chi connectivity index (χ0v) is 35.1. The molecule has 0 aromatic carbocycles. The third kappa shape index (κ3) is 13.8. The summed E-state index contributed by atoms with van der Waals surface area (Å²) in [6.07, 6.45) is 0. The van der Waals surface area contributed by atoms with E-state index in [1.54, 1.807) is 0 Å². The highest BCUT2D eigenvalue weighted by Gasteiger charge is 2.17. The molecule has 0 atom stereocenters. The highest BCUT2D eigenvalue weighted by atomic mass is 35.5. The van der Waals surface area contributed by atoms with E-state index < -0.39 is 0 Å². The van der Waals surface area contributed by atoms with Crippen LogP contribution >= 0.6 is 71.7 Å². The van der Waals surface area contributed by atoms with Gasteiger partial charge in [-0.2, -0.15) is 25.3 Å². The van der Waals surface area contributed by atoms with Gasteiger partial charge in [-0.15, -0.1) is 0 Å². The summed E-state index contributed by atoms with van der Waals surface area (Å²) in [6, 6.07) is 0. The van der Waals surface area contributed by atoms with Gasteiger partial charge >= 0.3 is 0 Å². The average molecular weight is 881 g/mol. The van der Waals surface area contributed by atoms with Gasteiger partial charge in [0.15, 0.2) is 49.1 Å². The van der Waals surface area contributed by atoms with E-state index in [0.29, 0.717) is 62.3 Å². The Bertz CT molecular complexity index is 1810. The third-order valence-electron chi connectivity index (χ3n) is 8.47. The lowest BCUT2D eigenvalue weighted by molar-refractivity contribution is 0.0394. The van der Waals surface area contributed by atoms with Crippen molar-refractivity contribution in [1.29, 1.82) is 0 Å². The molecule has 0 saturated carbocycles. The van der Waals surface area contributed by atoms with Crippen LogP contribution in [0.25, 0.3) is 22.3 Å². The number of hydrogen-bond acceptors (Lipinski definition) is 19. The van der Waals surface area contributed by atoms with E-state index >= 15 is 0 Å². The van der Waals surface area contributed by atoms with Crippen molar-refractivity contribution in [3.8, 4) is 0 Å². The smallest absolute Gasteiger partial charge is 0.185 e. The van der Waals surface area contributed by atoms with Crippen LogP contribution in [-0.4, -0.2) is 173 Å². The van der Waals surface area contributed by atoms with Crippen LogP contribution in [0.3, 0.4) is 0 Å². The minimum atomic E-state index is 0.0771. The summed E-state index contributed by atoms with van der Waals surface area (Å²) in [7, 11) is 0. The van der Waals surface area contributed by atoms with E-state index in [0.717, 1.165) is 118 Å². The molecule has 3 fully saturated rings. The van der Waals surface area contributed by atoms with Gasteiger partial charge in [-0.1, -0.05) is 46.4 Å². The fraction of sp³-hybridized carbons (Fsp3) is 0.625. The maximum absolute atomic E-state index is 6.44. The van der Waals surface area contributed by atoms with Gasteiger partial charge in [-0.3, -0.25) is 14.7 Å². The molecule has 302 valence electrons. The monoisotopic (exact) mass is 878 g/mol. The number of fused-ring (bicyclic) bond motifs is 2. The van der Waals surface area contributed by atoms with Gasteiger partial charge in [-0.05, 0) is 0 Å². The molecule has 3 aliphatic heterocycles. The van der Waals surface area contributed by atoms with Crippen LogP contribution < -0.4 is 16.4 Å². The number of morpholine rings is 3. The van der Waals surface area contributed by atoms with Crippen molar-refractivity contribution in [3.05, 3.63) is 32.3 Å². The van der Waals surface area contributed by atoms with Gasteiger partial charge in [0.05, 0.1) is 51.1 Å². The minimum absolute atomic E-state index is 0.0771. The largest absolute Gasteiger partial charge is 0.379 e. The Hall–Kier alpha value is -1.98.